The van der Waals surface area contributed by atoms with Crippen LogP contribution in [-0.2, 0) is 4.74 Å². The Morgan fingerprint density at radius 3 is 2.39 bits per heavy atom. The highest BCUT2D eigenvalue weighted by Crippen LogP contribution is 2.42. The molecule has 31 heavy (non-hydrogen) atoms. The Hall–Kier alpha value is -2.89. The fourth-order valence-electron chi connectivity index (χ4n) is 3.66. The van der Waals surface area contributed by atoms with E-state index >= 15 is 0 Å². The third-order valence-corrected chi connectivity index (χ3v) is 5.34. The van der Waals surface area contributed by atoms with Crippen molar-refractivity contribution in [3.05, 3.63) is 47.5 Å². The third-order valence-electron chi connectivity index (χ3n) is 5.34. The van der Waals surface area contributed by atoms with Gasteiger partial charge in [0.05, 0.1) is 13.0 Å². The zero-order valence-corrected chi connectivity index (χ0v) is 16.2. The van der Waals surface area contributed by atoms with Crippen molar-refractivity contribution >= 4 is 5.78 Å². The van der Waals surface area contributed by atoms with Gasteiger partial charge in [-0.3, -0.25) is 4.79 Å². The molecule has 4 rings (SSSR count). The molecule has 2 aromatic carbocycles. The average Bonchev–Trinajstić information content (AvgIpc) is 2.74. The molecule has 0 aromatic heterocycles. The molecule has 2 aromatic rings. The predicted octanol–water partition coefficient (Wildman–Crippen LogP) is -0.0170. The number of hydrogen-bond acceptors (Lipinski definition) is 10. The van der Waals surface area contributed by atoms with Crippen molar-refractivity contribution in [2.24, 2.45) is 0 Å². The summed E-state index contributed by atoms with van der Waals surface area (Å²) in [4.78, 5) is 12.6. The first kappa shape index (κ1) is 21.3. The number of fused-ring (bicyclic) bond motifs is 1. The Balaban J connectivity index is 1.59. The number of ketones is 1. The molecule has 2 aliphatic heterocycles. The number of rotatable bonds is 4. The van der Waals surface area contributed by atoms with E-state index in [4.69, 9.17) is 14.2 Å². The summed E-state index contributed by atoms with van der Waals surface area (Å²) in [6, 6.07) is 8.64. The number of ether oxygens (including phenoxy) is 3. The maximum Gasteiger partial charge on any atom is 0.229 e. The molecule has 1 fully saturated rings. The lowest BCUT2D eigenvalue weighted by molar-refractivity contribution is -0.277. The highest BCUT2D eigenvalue weighted by molar-refractivity contribution is 6.02. The molecule has 2 heterocycles. The van der Waals surface area contributed by atoms with Gasteiger partial charge < -0.3 is 44.8 Å². The van der Waals surface area contributed by atoms with Gasteiger partial charge in [-0.15, -0.1) is 0 Å². The number of hydrogen-bond donors (Lipinski definition) is 6. The fourth-order valence-corrected chi connectivity index (χ4v) is 3.66. The monoisotopic (exact) mass is 434 g/mol. The Labute approximate surface area is 176 Å². The summed E-state index contributed by atoms with van der Waals surface area (Å²) in [6.07, 6.45) is -8.09. The van der Waals surface area contributed by atoms with E-state index < -0.39 is 49.2 Å². The summed E-state index contributed by atoms with van der Waals surface area (Å²) < 4.78 is 16.7. The summed E-state index contributed by atoms with van der Waals surface area (Å²) in [7, 11) is 0. The second-order valence-corrected chi connectivity index (χ2v) is 7.46. The van der Waals surface area contributed by atoms with Crippen LogP contribution in [0.2, 0.25) is 0 Å². The van der Waals surface area contributed by atoms with E-state index in [0.717, 1.165) is 6.07 Å². The second-order valence-electron chi connectivity index (χ2n) is 7.46. The first-order valence-corrected chi connectivity index (χ1v) is 9.61. The quantitative estimate of drug-likeness (QED) is 0.385. The van der Waals surface area contributed by atoms with Crippen molar-refractivity contribution < 1.29 is 49.6 Å². The number of aliphatic hydroxyl groups is 4. The van der Waals surface area contributed by atoms with Crippen molar-refractivity contribution in [3.63, 3.8) is 0 Å². The van der Waals surface area contributed by atoms with Gasteiger partial charge >= 0.3 is 0 Å². The minimum atomic E-state index is -1.64. The predicted molar refractivity (Wildman–Crippen MR) is 103 cm³/mol. The van der Waals surface area contributed by atoms with Gasteiger partial charge in [-0.05, 0) is 17.7 Å². The minimum Gasteiger partial charge on any atom is -0.508 e. The molecule has 2 aliphatic rings. The van der Waals surface area contributed by atoms with Crippen LogP contribution in [0.3, 0.4) is 0 Å². The average molecular weight is 434 g/mol. The highest BCUT2D eigenvalue weighted by atomic mass is 16.7. The standard InChI is InChI=1S/C21H22O10/c22-8-16-18(26)19(27)20(28)21(31-16)29-11-5-12(24)17-13(25)7-14(30-15(17)6-11)9-1-3-10(23)4-2-9/h1-6,14,16,18-24,26-28H,7-8H2/t14-,16-,18+,19+,20-,21+/m0/s1. The fraction of sp³-hybridized carbons (Fsp3) is 0.381. The molecule has 10 nitrogen and oxygen atoms in total. The van der Waals surface area contributed by atoms with Gasteiger partial charge in [-0.25, -0.2) is 0 Å². The van der Waals surface area contributed by atoms with Gasteiger partial charge in [-0.2, -0.15) is 0 Å². The summed E-state index contributed by atoms with van der Waals surface area (Å²) in [6.45, 7) is -0.619. The molecule has 1 saturated heterocycles. The van der Waals surface area contributed by atoms with Gasteiger partial charge in [-0.1, -0.05) is 12.1 Å². The molecule has 6 N–H and O–H groups in total. The maximum atomic E-state index is 12.6. The summed E-state index contributed by atoms with van der Waals surface area (Å²) in [5.74, 6) is -0.657. The molecule has 10 heteroatoms. The van der Waals surface area contributed by atoms with Crippen LogP contribution in [0.1, 0.15) is 28.4 Å². The smallest absolute Gasteiger partial charge is 0.229 e. The maximum absolute atomic E-state index is 12.6. The van der Waals surface area contributed by atoms with Crippen molar-refractivity contribution in [2.75, 3.05) is 6.61 Å². The third kappa shape index (κ3) is 4.03. The summed E-state index contributed by atoms with van der Waals surface area (Å²) in [5, 5.41) is 59.0. The lowest BCUT2D eigenvalue weighted by Gasteiger charge is -2.39. The van der Waals surface area contributed by atoms with E-state index in [1.807, 2.05) is 0 Å². The Bertz CT molecular complexity index is 957. The van der Waals surface area contributed by atoms with Crippen LogP contribution < -0.4 is 9.47 Å². The number of Topliss-reactive ketones (excluding diaryl/α,β-unsaturated/α-hetero) is 1. The molecular formula is C21H22O10. The van der Waals surface area contributed by atoms with E-state index in [-0.39, 0.29) is 35.0 Å². The van der Waals surface area contributed by atoms with E-state index in [1.54, 1.807) is 12.1 Å². The lowest BCUT2D eigenvalue weighted by Crippen LogP contribution is -2.60. The van der Waals surface area contributed by atoms with Crippen LogP contribution in [0.15, 0.2) is 36.4 Å². The van der Waals surface area contributed by atoms with Gasteiger partial charge in [0.15, 0.2) is 5.78 Å². The Morgan fingerprint density at radius 2 is 1.71 bits per heavy atom. The van der Waals surface area contributed by atoms with Crippen LogP contribution in [0, 0.1) is 0 Å². The van der Waals surface area contributed by atoms with Crippen molar-refractivity contribution in [2.45, 2.75) is 43.2 Å². The molecular weight excluding hydrogens is 412 g/mol. The second kappa shape index (κ2) is 8.33. The number of benzene rings is 2. The number of phenols is 2. The Kier molecular flexibility index (Phi) is 5.73. The first-order chi connectivity index (χ1) is 14.8. The SMILES string of the molecule is O=C1C[C@@H](c2ccc(O)cc2)Oc2cc(O[C@@H]3O[C@@H](CO)[C@@H](O)[C@@H](O)[C@@H]3O)cc(O)c21. The highest BCUT2D eigenvalue weighted by Gasteiger charge is 2.45. The van der Waals surface area contributed by atoms with Crippen LogP contribution in [0.5, 0.6) is 23.0 Å². The van der Waals surface area contributed by atoms with Gasteiger partial charge in [0.25, 0.3) is 0 Å². The van der Waals surface area contributed by atoms with Crippen LogP contribution in [0.25, 0.3) is 0 Å². The van der Waals surface area contributed by atoms with Gasteiger partial charge in [0.2, 0.25) is 6.29 Å². The van der Waals surface area contributed by atoms with Crippen LogP contribution in [0.4, 0.5) is 0 Å². The molecule has 166 valence electrons. The van der Waals surface area contributed by atoms with Crippen molar-refractivity contribution in [1.29, 1.82) is 0 Å². The van der Waals surface area contributed by atoms with Crippen LogP contribution in [-0.4, -0.2) is 73.7 Å². The number of aromatic hydroxyl groups is 2. The zero-order valence-electron chi connectivity index (χ0n) is 16.2. The van der Waals surface area contributed by atoms with Gasteiger partial charge in [0.1, 0.15) is 59.1 Å². The number of carbonyl (C=O) groups excluding carboxylic acids is 1. The molecule has 6 atom stereocenters. The van der Waals surface area contributed by atoms with E-state index in [9.17, 15) is 35.4 Å². The lowest BCUT2D eigenvalue weighted by atomic mass is 9.95. The summed E-state index contributed by atoms with van der Waals surface area (Å²) in [5.41, 5.74) is 0.632. The van der Waals surface area contributed by atoms with Crippen molar-refractivity contribution in [3.8, 4) is 23.0 Å². The molecule has 0 amide bonds. The molecule has 0 aliphatic carbocycles. The zero-order chi connectivity index (χ0) is 22.3. The largest absolute Gasteiger partial charge is 0.508 e. The van der Waals surface area contributed by atoms with E-state index in [1.165, 1.54) is 18.2 Å². The normalized spacial score (nSPS) is 30.4. The molecule has 0 saturated carbocycles. The molecule has 0 spiro atoms. The first-order valence-electron chi connectivity index (χ1n) is 9.61. The van der Waals surface area contributed by atoms with E-state index in [2.05, 4.69) is 0 Å². The molecule has 0 bridgehead atoms. The topological polar surface area (TPSA) is 166 Å². The van der Waals surface area contributed by atoms with Crippen molar-refractivity contribution in [1.82, 2.24) is 0 Å². The van der Waals surface area contributed by atoms with Crippen LogP contribution >= 0.6 is 0 Å². The van der Waals surface area contributed by atoms with Gasteiger partial charge in [0, 0.05) is 12.1 Å². The number of phenolic OH excluding ortho intramolecular Hbond substituents is 2. The Morgan fingerprint density at radius 1 is 1.00 bits per heavy atom. The minimum absolute atomic E-state index is 0.0156. The molecule has 0 radical (unpaired) electrons. The molecule has 0 unspecified atom stereocenters. The van der Waals surface area contributed by atoms with E-state index in [0.29, 0.717) is 5.56 Å². The number of aliphatic hydroxyl groups excluding tert-OH is 4. The number of carbonyl (C=O) groups is 1. The summed E-state index contributed by atoms with van der Waals surface area (Å²) >= 11 is 0.